The second kappa shape index (κ2) is 5.01. The van der Waals surface area contributed by atoms with Crippen molar-refractivity contribution >= 4 is 5.96 Å². The van der Waals surface area contributed by atoms with Gasteiger partial charge in [0.1, 0.15) is 0 Å². The Kier molecular flexibility index (Phi) is 3.66. The van der Waals surface area contributed by atoms with E-state index in [9.17, 15) is 0 Å². The molecule has 5 nitrogen and oxygen atoms in total. The monoisotopic (exact) mass is 225 g/mol. The summed E-state index contributed by atoms with van der Waals surface area (Å²) in [6, 6.07) is 1.10. The van der Waals surface area contributed by atoms with Crippen LogP contribution in [0, 0.1) is 0 Å². The van der Waals surface area contributed by atoms with Crippen molar-refractivity contribution in [2.45, 2.75) is 38.8 Å². The van der Waals surface area contributed by atoms with Gasteiger partial charge in [0.05, 0.1) is 6.04 Å². The lowest BCUT2D eigenvalue weighted by molar-refractivity contribution is 0.127. The van der Waals surface area contributed by atoms with Crippen LogP contribution in [0.2, 0.25) is 0 Å². The van der Waals surface area contributed by atoms with Gasteiger partial charge in [-0.05, 0) is 26.3 Å². The molecule has 5 heteroatoms. The maximum atomic E-state index is 5.56. The van der Waals surface area contributed by atoms with Crippen LogP contribution in [0.15, 0.2) is 4.99 Å². The van der Waals surface area contributed by atoms with Crippen LogP contribution in [0.25, 0.3) is 0 Å². The highest BCUT2D eigenvalue weighted by Crippen LogP contribution is 2.24. The van der Waals surface area contributed by atoms with E-state index in [1.807, 2.05) is 0 Å². The van der Waals surface area contributed by atoms with Crippen LogP contribution in [0.5, 0.6) is 0 Å². The van der Waals surface area contributed by atoms with Crippen molar-refractivity contribution in [3.63, 3.8) is 0 Å². The lowest BCUT2D eigenvalue weighted by atomic mass is 10.2. The highest BCUT2D eigenvalue weighted by molar-refractivity contribution is 5.79. The van der Waals surface area contributed by atoms with Crippen LogP contribution in [-0.4, -0.2) is 54.0 Å². The van der Waals surface area contributed by atoms with E-state index >= 15 is 0 Å². The smallest absolute Gasteiger partial charge is 0.208 e. The molecule has 1 atom stereocenters. The van der Waals surface area contributed by atoms with E-state index in [4.69, 9.17) is 5.84 Å². The molecule has 0 aromatic rings. The number of piperazine rings is 1. The first-order valence-corrected chi connectivity index (χ1v) is 6.28. The average Bonchev–Trinajstić information content (AvgIpc) is 3.09. The molecule has 0 spiro atoms. The summed E-state index contributed by atoms with van der Waals surface area (Å²) in [5, 5.41) is 0. The SMILES string of the molecule is CCN1CCN(C(=NC2CC2)NN)CC1C. The highest BCUT2D eigenvalue weighted by atomic mass is 15.4. The zero-order valence-corrected chi connectivity index (χ0v) is 10.3. The molecule has 1 aliphatic heterocycles. The molecule has 1 unspecified atom stereocenters. The van der Waals surface area contributed by atoms with E-state index in [2.05, 4.69) is 34.1 Å². The van der Waals surface area contributed by atoms with Crippen molar-refractivity contribution in [2.75, 3.05) is 26.2 Å². The number of likely N-dealkylation sites (N-methyl/N-ethyl adjacent to an activating group) is 1. The normalized spacial score (nSPS) is 28.3. The molecule has 0 aromatic heterocycles. The Balaban J connectivity index is 1.94. The van der Waals surface area contributed by atoms with Crippen LogP contribution in [0.1, 0.15) is 26.7 Å². The second-order valence-electron chi connectivity index (χ2n) is 4.75. The number of nitrogens with one attached hydrogen (secondary N) is 1. The molecule has 0 amide bonds. The first-order valence-electron chi connectivity index (χ1n) is 6.28. The number of hydrazine groups is 1. The van der Waals surface area contributed by atoms with Gasteiger partial charge in [-0.25, -0.2) is 10.8 Å². The van der Waals surface area contributed by atoms with E-state index in [0.717, 1.165) is 32.1 Å². The number of guanidine groups is 1. The number of nitrogens with two attached hydrogens (primary N) is 1. The maximum absolute atomic E-state index is 5.56. The molecule has 0 aromatic carbocycles. The van der Waals surface area contributed by atoms with Crippen molar-refractivity contribution in [2.24, 2.45) is 10.8 Å². The summed E-state index contributed by atoms with van der Waals surface area (Å²) < 4.78 is 0. The first-order chi connectivity index (χ1) is 7.74. The van der Waals surface area contributed by atoms with E-state index < -0.39 is 0 Å². The van der Waals surface area contributed by atoms with Crippen LogP contribution < -0.4 is 11.3 Å². The van der Waals surface area contributed by atoms with Crippen LogP contribution in [0.4, 0.5) is 0 Å². The number of nitrogens with zero attached hydrogens (tertiary/aromatic N) is 3. The van der Waals surface area contributed by atoms with Gasteiger partial charge in [-0.15, -0.1) is 0 Å². The summed E-state index contributed by atoms with van der Waals surface area (Å²) in [6.07, 6.45) is 2.44. The third kappa shape index (κ3) is 2.65. The molecule has 3 N–H and O–H groups in total. The topological polar surface area (TPSA) is 56.9 Å². The molecule has 16 heavy (non-hydrogen) atoms. The van der Waals surface area contributed by atoms with E-state index in [0.29, 0.717) is 12.1 Å². The number of hydrogen-bond acceptors (Lipinski definition) is 3. The van der Waals surface area contributed by atoms with E-state index in [1.54, 1.807) is 0 Å². The lowest BCUT2D eigenvalue weighted by Gasteiger charge is -2.40. The van der Waals surface area contributed by atoms with Gasteiger partial charge in [0, 0.05) is 25.7 Å². The third-order valence-electron chi connectivity index (χ3n) is 3.45. The third-order valence-corrected chi connectivity index (χ3v) is 3.45. The summed E-state index contributed by atoms with van der Waals surface area (Å²) in [4.78, 5) is 9.36. The van der Waals surface area contributed by atoms with Crippen molar-refractivity contribution in [3.8, 4) is 0 Å². The molecular weight excluding hydrogens is 202 g/mol. The second-order valence-corrected chi connectivity index (χ2v) is 4.75. The summed E-state index contributed by atoms with van der Waals surface area (Å²) in [6.45, 7) is 8.74. The largest absolute Gasteiger partial charge is 0.339 e. The molecule has 2 aliphatic rings. The average molecular weight is 225 g/mol. The van der Waals surface area contributed by atoms with Gasteiger partial charge in [-0.1, -0.05) is 6.92 Å². The fourth-order valence-electron chi connectivity index (χ4n) is 2.24. The van der Waals surface area contributed by atoms with Gasteiger partial charge in [0.2, 0.25) is 5.96 Å². The minimum Gasteiger partial charge on any atom is -0.339 e. The van der Waals surface area contributed by atoms with Crippen LogP contribution >= 0.6 is 0 Å². The van der Waals surface area contributed by atoms with E-state index in [1.165, 1.54) is 12.8 Å². The lowest BCUT2D eigenvalue weighted by Crippen LogP contribution is -2.57. The fraction of sp³-hybridized carbons (Fsp3) is 0.909. The summed E-state index contributed by atoms with van der Waals surface area (Å²) in [7, 11) is 0. The Bertz CT molecular complexity index is 261. The van der Waals surface area contributed by atoms with Crippen molar-refractivity contribution in [1.29, 1.82) is 0 Å². The fourth-order valence-corrected chi connectivity index (χ4v) is 2.24. The molecule has 0 bridgehead atoms. The zero-order chi connectivity index (χ0) is 11.5. The number of aliphatic imine (C=N–C) groups is 1. The Morgan fingerprint density at radius 1 is 1.44 bits per heavy atom. The Labute approximate surface area is 97.7 Å². The molecule has 0 radical (unpaired) electrons. The highest BCUT2D eigenvalue weighted by Gasteiger charge is 2.27. The molecular formula is C11H23N5. The molecule has 1 saturated carbocycles. The number of rotatable bonds is 2. The van der Waals surface area contributed by atoms with Crippen molar-refractivity contribution < 1.29 is 0 Å². The van der Waals surface area contributed by atoms with Gasteiger partial charge in [-0.2, -0.15) is 0 Å². The molecule has 1 saturated heterocycles. The van der Waals surface area contributed by atoms with E-state index in [-0.39, 0.29) is 0 Å². The minimum atomic E-state index is 0.519. The van der Waals surface area contributed by atoms with Crippen molar-refractivity contribution in [3.05, 3.63) is 0 Å². The summed E-state index contributed by atoms with van der Waals surface area (Å²) in [5.41, 5.74) is 2.75. The summed E-state index contributed by atoms with van der Waals surface area (Å²) in [5.74, 6) is 6.44. The minimum absolute atomic E-state index is 0.519. The zero-order valence-electron chi connectivity index (χ0n) is 10.3. The van der Waals surface area contributed by atoms with Gasteiger partial charge in [-0.3, -0.25) is 10.3 Å². The summed E-state index contributed by atoms with van der Waals surface area (Å²) >= 11 is 0. The molecule has 1 aliphatic carbocycles. The predicted octanol–water partition coefficient (Wildman–Crippen LogP) is -0.00590. The van der Waals surface area contributed by atoms with Crippen molar-refractivity contribution in [1.82, 2.24) is 15.2 Å². The molecule has 1 heterocycles. The van der Waals surface area contributed by atoms with Gasteiger partial charge < -0.3 is 4.90 Å². The standard InChI is InChI=1S/C11H23N5/c1-3-15-6-7-16(8-9(15)2)11(14-12)13-10-4-5-10/h9-10H,3-8,12H2,1-2H3,(H,13,14). The Morgan fingerprint density at radius 3 is 2.69 bits per heavy atom. The van der Waals surface area contributed by atoms with Crippen LogP contribution in [0.3, 0.4) is 0 Å². The first kappa shape index (κ1) is 11.7. The van der Waals surface area contributed by atoms with Gasteiger partial charge >= 0.3 is 0 Å². The quantitative estimate of drug-likeness (QED) is 0.300. The van der Waals surface area contributed by atoms with Crippen LogP contribution in [-0.2, 0) is 0 Å². The molecule has 2 rings (SSSR count). The molecule has 2 fully saturated rings. The molecule has 92 valence electrons. The Morgan fingerprint density at radius 2 is 2.19 bits per heavy atom. The predicted molar refractivity (Wildman–Crippen MR) is 66.1 cm³/mol. The van der Waals surface area contributed by atoms with Gasteiger partial charge in [0.15, 0.2) is 0 Å². The number of hydrogen-bond donors (Lipinski definition) is 2. The maximum Gasteiger partial charge on any atom is 0.208 e. The Hall–Kier alpha value is -0.810. The van der Waals surface area contributed by atoms with Gasteiger partial charge in [0.25, 0.3) is 0 Å².